The minimum Gasteiger partial charge on any atom is -0.378 e. The highest BCUT2D eigenvalue weighted by molar-refractivity contribution is 5.46. The smallest absolute Gasteiger partial charge is 0.0361 e. The number of hydrogen-bond donors (Lipinski definition) is 1. The summed E-state index contributed by atoms with van der Waals surface area (Å²) in [5, 5.41) is 0. The SMILES string of the molecule is C=C(C)CCC(N)c1ccc(N(C)C)cc1. The van der Waals surface area contributed by atoms with Gasteiger partial charge >= 0.3 is 0 Å². The fourth-order valence-electron chi connectivity index (χ4n) is 1.59. The maximum Gasteiger partial charge on any atom is 0.0361 e. The largest absolute Gasteiger partial charge is 0.378 e. The monoisotopic (exact) mass is 218 g/mol. The van der Waals surface area contributed by atoms with Crippen LogP contribution in [0.4, 0.5) is 5.69 Å². The first kappa shape index (κ1) is 12.8. The van der Waals surface area contributed by atoms with Crippen LogP contribution in [0.1, 0.15) is 31.4 Å². The van der Waals surface area contributed by atoms with Gasteiger partial charge in [-0.15, -0.1) is 6.58 Å². The number of nitrogens with two attached hydrogens (primary N) is 1. The number of rotatable bonds is 5. The molecule has 1 aromatic rings. The van der Waals surface area contributed by atoms with Gasteiger partial charge in [-0.1, -0.05) is 17.7 Å². The van der Waals surface area contributed by atoms with Gasteiger partial charge in [0.25, 0.3) is 0 Å². The summed E-state index contributed by atoms with van der Waals surface area (Å²) in [5.74, 6) is 0. The van der Waals surface area contributed by atoms with Crippen molar-refractivity contribution in [3.8, 4) is 0 Å². The van der Waals surface area contributed by atoms with Crippen LogP contribution in [0.2, 0.25) is 0 Å². The van der Waals surface area contributed by atoms with Crippen molar-refractivity contribution in [1.29, 1.82) is 0 Å². The molecule has 0 aliphatic rings. The van der Waals surface area contributed by atoms with Crippen LogP contribution in [0.25, 0.3) is 0 Å². The van der Waals surface area contributed by atoms with E-state index in [0.717, 1.165) is 12.8 Å². The van der Waals surface area contributed by atoms with Crippen LogP contribution in [0.3, 0.4) is 0 Å². The fourth-order valence-corrected chi connectivity index (χ4v) is 1.59. The van der Waals surface area contributed by atoms with E-state index in [1.54, 1.807) is 0 Å². The average Bonchev–Trinajstić information content (AvgIpc) is 2.26. The predicted octanol–water partition coefficient (Wildman–Crippen LogP) is 3.11. The van der Waals surface area contributed by atoms with Crippen molar-refractivity contribution in [2.75, 3.05) is 19.0 Å². The molecule has 1 rings (SSSR count). The van der Waals surface area contributed by atoms with Crippen molar-refractivity contribution >= 4 is 5.69 Å². The Kier molecular flexibility index (Phi) is 4.56. The Morgan fingerprint density at radius 3 is 2.31 bits per heavy atom. The Morgan fingerprint density at radius 1 is 1.31 bits per heavy atom. The molecule has 0 aliphatic carbocycles. The zero-order valence-corrected chi connectivity index (χ0v) is 10.5. The number of hydrogen-bond acceptors (Lipinski definition) is 2. The zero-order chi connectivity index (χ0) is 12.1. The first-order valence-corrected chi connectivity index (χ1v) is 5.68. The first-order chi connectivity index (χ1) is 7.50. The highest BCUT2D eigenvalue weighted by Gasteiger charge is 2.05. The molecular weight excluding hydrogens is 196 g/mol. The van der Waals surface area contributed by atoms with E-state index in [9.17, 15) is 0 Å². The fraction of sp³-hybridized carbons (Fsp3) is 0.429. The molecule has 0 fully saturated rings. The van der Waals surface area contributed by atoms with Gasteiger partial charge in [-0.05, 0) is 37.5 Å². The number of benzene rings is 1. The number of anilines is 1. The lowest BCUT2D eigenvalue weighted by Crippen LogP contribution is -2.12. The molecule has 2 heteroatoms. The van der Waals surface area contributed by atoms with Crippen molar-refractivity contribution in [3.05, 3.63) is 42.0 Å². The molecular formula is C14H22N2. The van der Waals surface area contributed by atoms with Gasteiger partial charge in [0, 0.05) is 25.8 Å². The van der Waals surface area contributed by atoms with E-state index in [1.807, 2.05) is 21.0 Å². The van der Waals surface area contributed by atoms with E-state index in [4.69, 9.17) is 5.73 Å². The summed E-state index contributed by atoms with van der Waals surface area (Å²) in [5.41, 5.74) is 9.71. The molecule has 0 aliphatic heterocycles. The molecule has 0 aromatic heterocycles. The van der Waals surface area contributed by atoms with Gasteiger partial charge in [-0.25, -0.2) is 0 Å². The summed E-state index contributed by atoms with van der Waals surface area (Å²) in [7, 11) is 4.08. The lowest BCUT2D eigenvalue weighted by molar-refractivity contribution is 0.649. The minimum atomic E-state index is 0.118. The zero-order valence-electron chi connectivity index (χ0n) is 10.5. The van der Waals surface area contributed by atoms with E-state index in [1.165, 1.54) is 16.8 Å². The van der Waals surface area contributed by atoms with Crippen LogP contribution >= 0.6 is 0 Å². The van der Waals surface area contributed by atoms with E-state index in [0.29, 0.717) is 0 Å². The van der Waals surface area contributed by atoms with Crippen LogP contribution in [-0.4, -0.2) is 14.1 Å². The molecule has 0 radical (unpaired) electrons. The minimum absolute atomic E-state index is 0.118. The van der Waals surface area contributed by atoms with Gasteiger partial charge in [0.15, 0.2) is 0 Å². The van der Waals surface area contributed by atoms with Gasteiger partial charge in [-0.2, -0.15) is 0 Å². The van der Waals surface area contributed by atoms with Crippen molar-refractivity contribution in [2.24, 2.45) is 5.73 Å². The molecule has 2 N–H and O–H groups in total. The molecule has 16 heavy (non-hydrogen) atoms. The van der Waals surface area contributed by atoms with Crippen molar-refractivity contribution in [1.82, 2.24) is 0 Å². The topological polar surface area (TPSA) is 29.3 Å². The van der Waals surface area contributed by atoms with Crippen molar-refractivity contribution < 1.29 is 0 Å². The van der Waals surface area contributed by atoms with E-state index in [2.05, 4.69) is 35.7 Å². The van der Waals surface area contributed by atoms with Gasteiger partial charge in [0.05, 0.1) is 0 Å². The molecule has 0 saturated heterocycles. The van der Waals surface area contributed by atoms with E-state index < -0.39 is 0 Å². The van der Waals surface area contributed by atoms with Crippen LogP contribution in [0.15, 0.2) is 36.4 Å². The molecule has 0 amide bonds. The van der Waals surface area contributed by atoms with Crippen molar-refractivity contribution in [3.63, 3.8) is 0 Å². The Bertz CT molecular complexity index is 338. The third-order valence-corrected chi connectivity index (χ3v) is 2.72. The molecule has 1 unspecified atom stereocenters. The van der Waals surface area contributed by atoms with Gasteiger partial charge < -0.3 is 10.6 Å². The molecule has 0 bridgehead atoms. The molecule has 2 nitrogen and oxygen atoms in total. The molecule has 88 valence electrons. The Labute approximate surface area is 98.8 Å². The summed E-state index contributed by atoms with van der Waals surface area (Å²) < 4.78 is 0. The standard InChI is InChI=1S/C14H22N2/c1-11(2)5-10-14(15)12-6-8-13(9-7-12)16(3)4/h6-9,14H,1,5,10,15H2,2-4H3. The Hall–Kier alpha value is -1.28. The van der Waals surface area contributed by atoms with Crippen LogP contribution in [0.5, 0.6) is 0 Å². The third-order valence-electron chi connectivity index (χ3n) is 2.72. The van der Waals surface area contributed by atoms with Crippen LogP contribution in [-0.2, 0) is 0 Å². The lowest BCUT2D eigenvalue weighted by atomic mass is 10.0. The third kappa shape index (κ3) is 3.70. The summed E-state index contributed by atoms with van der Waals surface area (Å²) in [6, 6.07) is 8.55. The van der Waals surface area contributed by atoms with Crippen LogP contribution in [0, 0.1) is 0 Å². The lowest BCUT2D eigenvalue weighted by Gasteiger charge is -2.15. The molecule has 1 atom stereocenters. The highest BCUT2D eigenvalue weighted by atomic mass is 15.1. The van der Waals surface area contributed by atoms with E-state index >= 15 is 0 Å². The molecule has 0 heterocycles. The summed E-state index contributed by atoms with van der Waals surface area (Å²) in [4.78, 5) is 2.09. The summed E-state index contributed by atoms with van der Waals surface area (Å²) in [6.45, 7) is 5.94. The normalized spacial score (nSPS) is 12.2. The van der Waals surface area contributed by atoms with Crippen LogP contribution < -0.4 is 10.6 Å². The number of allylic oxidation sites excluding steroid dienone is 1. The average molecular weight is 218 g/mol. The second kappa shape index (κ2) is 5.71. The Balaban J connectivity index is 2.62. The summed E-state index contributed by atoms with van der Waals surface area (Å²) in [6.07, 6.45) is 1.97. The quantitative estimate of drug-likeness (QED) is 0.769. The van der Waals surface area contributed by atoms with Gasteiger partial charge in [0.2, 0.25) is 0 Å². The second-order valence-corrected chi connectivity index (χ2v) is 4.59. The second-order valence-electron chi connectivity index (χ2n) is 4.59. The molecule has 0 spiro atoms. The predicted molar refractivity (Wildman–Crippen MR) is 71.7 cm³/mol. The van der Waals surface area contributed by atoms with Gasteiger partial charge in [0.1, 0.15) is 0 Å². The molecule has 1 aromatic carbocycles. The van der Waals surface area contributed by atoms with Crippen molar-refractivity contribution in [2.45, 2.75) is 25.8 Å². The molecule has 0 saturated carbocycles. The number of nitrogens with zero attached hydrogens (tertiary/aromatic N) is 1. The Morgan fingerprint density at radius 2 is 1.88 bits per heavy atom. The first-order valence-electron chi connectivity index (χ1n) is 5.68. The maximum atomic E-state index is 6.11. The summed E-state index contributed by atoms with van der Waals surface area (Å²) >= 11 is 0. The van der Waals surface area contributed by atoms with Gasteiger partial charge in [-0.3, -0.25) is 0 Å². The maximum absolute atomic E-state index is 6.11. The van der Waals surface area contributed by atoms with E-state index in [-0.39, 0.29) is 6.04 Å². The highest BCUT2D eigenvalue weighted by Crippen LogP contribution is 2.20.